The fourth-order valence-electron chi connectivity index (χ4n) is 2.70. The highest BCUT2D eigenvalue weighted by Gasteiger charge is 2.25. The highest BCUT2D eigenvalue weighted by atomic mass is 16.7. The number of nitrogens with zero attached hydrogens (tertiary/aromatic N) is 1. The molecule has 1 unspecified atom stereocenters. The van der Waals surface area contributed by atoms with Gasteiger partial charge in [-0.05, 0) is 19.9 Å². The Morgan fingerprint density at radius 3 is 2.48 bits per heavy atom. The zero-order chi connectivity index (χ0) is 16.4. The van der Waals surface area contributed by atoms with Crippen molar-refractivity contribution < 1.29 is 23.8 Å². The van der Waals surface area contributed by atoms with E-state index in [1.54, 1.807) is 12.1 Å². The molecule has 1 saturated heterocycles. The summed E-state index contributed by atoms with van der Waals surface area (Å²) in [6.07, 6.45) is 0. The molecule has 0 spiro atoms. The number of fused-ring (bicyclic) bond motifs is 1. The number of ether oxygens (including phenoxy) is 3. The van der Waals surface area contributed by atoms with Gasteiger partial charge in [0, 0.05) is 24.7 Å². The summed E-state index contributed by atoms with van der Waals surface area (Å²) in [6, 6.07) is 2.95. The highest BCUT2D eigenvalue weighted by molar-refractivity contribution is 6.05. The Labute approximate surface area is 134 Å². The number of carbonyl (C=O) groups excluding carboxylic acids is 2. The first-order chi connectivity index (χ1) is 11.1. The van der Waals surface area contributed by atoms with Crippen molar-refractivity contribution in [3.8, 4) is 11.5 Å². The van der Waals surface area contributed by atoms with E-state index >= 15 is 0 Å². The third-order valence-corrected chi connectivity index (χ3v) is 4.12. The lowest BCUT2D eigenvalue weighted by Crippen LogP contribution is -2.47. The van der Waals surface area contributed by atoms with Crippen molar-refractivity contribution in [2.24, 2.45) is 0 Å². The van der Waals surface area contributed by atoms with E-state index in [1.807, 2.05) is 6.92 Å². The molecule has 1 N–H and O–H groups in total. The Hall–Kier alpha value is -2.12. The summed E-state index contributed by atoms with van der Waals surface area (Å²) in [5, 5.41) is 2.84. The van der Waals surface area contributed by atoms with Crippen LogP contribution in [-0.4, -0.2) is 55.7 Å². The number of Topliss-reactive ketones (excluding diaryl/α,β-unsaturated/α-hetero) is 1. The van der Waals surface area contributed by atoms with Gasteiger partial charge in [0.2, 0.25) is 12.7 Å². The second-order valence-corrected chi connectivity index (χ2v) is 5.62. The Balaban J connectivity index is 1.78. The molecule has 0 aromatic heterocycles. The van der Waals surface area contributed by atoms with Gasteiger partial charge in [0.05, 0.1) is 24.9 Å². The smallest absolute Gasteiger partial charge is 0.241 e. The van der Waals surface area contributed by atoms with Gasteiger partial charge in [0.25, 0.3) is 0 Å². The van der Waals surface area contributed by atoms with Gasteiger partial charge in [-0.25, -0.2) is 0 Å². The van der Waals surface area contributed by atoms with Gasteiger partial charge >= 0.3 is 0 Å². The maximum absolute atomic E-state index is 12.5. The largest absolute Gasteiger partial charge is 0.454 e. The first kappa shape index (κ1) is 15.8. The molecule has 7 nitrogen and oxygen atoms in total. The lowest BCUT2D eigenvalue weighted by Gasteiger charge is -2.31. The number of nitrogens with one attached hydrogen (secondary N) is 1. The number of carbonyl (C=O) groups is 2. The van der Waals surface area contributed by atoms with Crippen LogP contribution in [0.25, 0.3) is 0 Å². The summed E-state index contributed by atoms with van der Waals surface area (Å²) < 4.78 is 15.9. The van der Waals surface area contributed by atoms with Crippen LogP contribution >= 0.6 is 0 Å². The number of morpholine rings is 1. The molecule has 1 atom stereocenters. The van der Waals surface area contributed by atoms with Crippen LogP contribution in [0.15, 0.2) is 12.1 Å². The number of hydrogen-bond acceptors (Lipinski definition) is 6. The van der Waals surface area contributed by atoms with Crippen molar-refractivity contribution in [3.63, 3.8) is 0 Å². The molecule has 1 aromatic rings. The summed E-state index contributed by atoms with van der Waals surface area (Å²) >= 11 is 0. The molecular formula is C16H20N2O5. The predicted octanol–water partition coefficient (Wildman–Crippen LogP) is 1.28. The van der Waals surface area contributed by atoms with Crippen molar-refractivity contribution in [1.82, 2.24) is 4.90 Å². The second-order valence-electron chi connectivity index (χ2n) is 5.62. The normalized spacial score (nSPS) is 18.5. The number of ketones is 1. The molecule has 0 aliphatic carbocycles. The van der Waals surface area contributed by atoms with Gasteiger partial charge in [0.15, 0.2) is 17.3 Å². The average molecular weight is 320 g/mol. The van der Waals surface area contributed by atoms with E-state index in [0.29, 0.717) is 36.0 Å². The molecule has 0 saturated carbocycles. The maximum atomic E-state index is 12.5. The minimum absolute atomic E-state index is 0.119. The summed E-state index contributed by atoms with van der Waals surface area (Å²) in [4.78, 5) is 26.4. The zero-order valence-corrected chi connectivity index (χ0v) is 13.3. The van der Waals surface area contributed by atoms with Gasteiger partial charge in [-0.1, -0.05) is 0 Å². The quantitative estimate of drug-likeness (QED) is 0.842. The topological polar surface area (TPSA) is 77.1 Å². The fourth-order valence-corrected chi connectivity index (χ4v) is 2.70. The van der Waals surface area contributed by atoms with Crippen molar-refractivity contribution in [1.29, 1.82) is 0 Å². The number of amides is 1. The molecule has 3 rings (SSSR count). The summed E-state index contributed by atoms with van der Waals surface area (Å²) in [6.45, 7) is 6.11. The van der Waals surface area contributed by atoms with Crippen LogP contribution in [0.3, 0.4) is 0 Å². The number of rotatable bonds is 4. The van der Waals surface area contributed by atoms with Crippen LogP contribution in [0.4, 0.5) is 5.69 Å². The molecule has 1 amide bonds. The number of hydrogen-bond donors (Lipinski definition) is 1. The van der Waals surface area contributed by atoms with E-state index in [4.69, 9.17) is 14.2 Å². The predicted molar refractivity (Wildman–Crippen MR) is 83.1 cm³/mol. The molecule has 2 heterocycles. The zero-order valence-electron chi connectivity index (χ0n) is 13.3. The van der Waals surface area contributed by atoms with Crippen molar-refractivity contribution >= 4 is 17.4 Å². The maximum Gasteiger partial charge on any atom is 0.241 e. The molecule has 2 aliphatic heterocycles. The third-order valence-electron chi connectivity index (χ3n) is 4.12. The SMILES string of the molecule is CC(=O)c1cc2c(cc1NC(=O)C(C)N1CCOCC1)OCO2. The highest BCUT2D eigenvalue weighted by Crippen LogP contribution is 2.37. The van der Waals surface area contributed by atoms with E-state index in [1.165, 1.54) is 6.92 Å². The van der Waals surface area contributed by atoms with E-state index in [9.17, 15) is 9.59 Å². The van der Waals surface area contributed by atoms with E-state index < -0.39 is 0 Å². The first-order valence-corrected chi connectivity index (χ1v) is 7.63. The molecule has 2 aliphatic rings. The van der Waals surface area contributed by atoms with E-state index in [2.05, 4.69) is 10.2 Å². The average Bonchev–Trinajstić information content (AvgIpc) is 3.01. The third kappa shape index (κ3) is 3.30. The molecule has 1 fully saturated rings. The van der Waals surface area contributed by atoms with Gasteiger partial charge in [0.1, 0.15) is 0 Å². The Kier molecular flexibility index (Phi) is 4.49. The van der Waals surface area contributed by atoms with E-state index in [-0.39, 0.29) is 24.5 Å². The summed E-state index contributed by atoms with van der Waals surface area (Å²) in [7, 11) is 0. The molecule has 23 heavy (non-hydrogen) atoms. The van der Waals surface area contributed by atoms with Crippen molar-refractivity contribution in [2.75, 3.05) is 38.4 Å². The van der Waals surface area contributed by atoms with Crippen LogP contribution in [0, 0.1) is 0 Å². The van der Waals surface area contributed by atoms with Crippen molar-refractivity contribution in [3.05, 3.63) is 17.7 Å². The molecule has 124 valence electrons. The van der Waals surface area contributed by atoms with Gasteiger partial charge in [-0.2, -0.15) is 0 Å². The minimum Gasteiger partial charge on any atom is -0.454 e. The lowest BCUT2D eigenvalue weighted by atomic mass is 10.1. The van der Waals surface area contributed by atoms with Crippen LogP contribution < -0.4 is 14.8 Å². The molecule has 7 heteroatoms. The van der Waals surface area contributed by atoms with Gasteiger partial charge in [-0.15, -0.1) is 0 Å². The lowest BCUT2D eigenvalue weighted by molar-refractivity contribution is -0.122. The summed E-state index contributed by atoms with van der Waals surface area (Å²) in [5.41, 5.74) is 0.864. The van der Waals surface area contributed by atoms with Gasteiger partial charge < -0.3 is 19.5 Å². The molecule has 0 radical (unpaired) electrons. The first-order valence-electron chi connectivity index (χ1n) is 7.63. The van der Waals surface area contributed by atoms with Gasteiger partial charge in [-0.3, -0.25) is 14.5 Å². The van der Waals surface area contributed by atoms with Crippen LogP contribution in [-0.2, 0) is 9.53 Å². The number of anilines is 1. The monoisotopic (exact) mass is 320 g/mol. The molecule has 0 bridgehead atoms. The van der Waals surface area contributed by atoms with E-state index in [0.717, 1.165) is 13.1 Å². The molecular weight excluding hydrogens is 300 g/mol. The van der Waals surface area contributed by atoms with Crippen LogP contribution in [0.2, 0.25) is 0 Å². The Morgan fingerprint density at radius 2 is 1.83 bits per heavy atom. The van der Waals surface area contributed by atoms with Crippen LogP contribution in [0.5, 0.6) is 11.5 Å². The Bertz CT molecular complexity index is 625. The molecule has 1 aromatic carbocycles. The fraction of sp³-hybridized carbons (Fsp3) is 0.500. The van der Waals surface area contributed by atoms with Crippen molar-refractivity contribution in [2.45, 2.75) is 19.9 Å². The minimum atomic E-state index is -0.302. The second kappa shape index (κ2) is 6.55. The van der Waals surface area contributed by atoms with Crippen LogP contribution in [0.1, 0.15) is 24.2 Å². The Morgan fingerprint density at radius 1 is 1.17 bits per heavy atom. The summed E-state index contributed by atoms with van der Waals surface area (Å²) in [5.74, 6) is 0.754. The number of benzene rings is 1. The standard InChI is InChI=1S/C16H20N2O5/c1-10(18-3-5-21-6-4-18)16(20)17-13-8-15-14(22-9-23-15)7-12(13)11(2)19/h7-8,10H,3-6,9H2,1-2H3,(H,17,20).